The second-order valence-corrected chi connectivity index (χ2v) is 7.24. The van der Waals surface area contributed by atoms with Gasteiger partial charge in [-0.15, -0.1) is 0 Å². The van der Waals surface area contributed by atoms with Gasteiger partial charge in [-0.2, -0.15) is 0 Å². The quantitative estimate of drug-likeness (QED) is 0.713. The van der Waals surface area contributed by atoms with Crippen molar-refractivity contribution in [1.82, 2.24) is 4.90 Å². The van der Waals surface area contributed by atoms with E-state index in [1.54, 1.807) is 19.1 Å². The number of imide groups is 1. The van der Waals surface area contributed by atoms with E-state index in [0.29, 0.717) is 17.2 Å². The van der Waals surface area contributed by atoms with Crippen molar-refractivity contribution in [1.29, 1.82) is 0 Å². The van der Waals surface area contributed by atoms with Gasteiger partial charge in [0.15, 0.2) is 11.5 Å². The number of halogens is 1. The fourth-order valence-electron chi connectivity index (χ4n) is 3.16. The molecule has 2 aliphatic heterocycles. The number of fused-ring (bicyclic) bond motifs is 1. The number of hydrogen-bond acceptors (Lipinski definition) is 4. The Morgan fingerprint density at radius 3 is 2.46 bits per heavy atom. The van der Waals surface area contributed by atoms with Crippen LogP contribution >= 0.6 is 15.9 Å². The summed E-state index contributed by atoms with van der Waals surface area (Å²) in [5.74, 6) is 1.04. The molecule has 0 spiro atoms. The molecule has 26 heavy (non-hydrogen) atoms. The molecule has 6 nitrogen and oxygen atoms in total. The molecule has 1 saturated heterocycles. The minimum atomic E-state index is -0.544. The first-order valence-electron chi connectivity index (χ1n) is 8.25. The van der Waals surface area contributed by atoms with Crippen molar-refractivity contribution in [2.24, 2.45) is 0 Å². The van der Waals surface area contributed by atoms with Crippen molar-refractivity contribution in [2.45, 2.75) is 26.4 Å². The Hall–Kier alpha value is -2.54. The average molecular weight is 417 g/mol. The van der Waals surface area contributed by atoms with E-state index in [4.69, 9.17) is 9.47 Å². The fraction of sp³-hybridized carbons (Fsp3) is 0.263. The van der Waals surface area contributed by atoms with Gasteiger partial charge in [0.2, 0.25) is 6.79 Å². The first-order chi connectivity index (χ1) is 12.5. The lowest BCUT2D eigenvalue weighted by molar-refractivity contribution is -0.127. The molecule has 2 aliphatic rings. The van der Waals surface area contributed by atoms with Crippen LogP contribution in [0.1, 0.15) is 18.1 Å². The number of ether oxygens (including phenoxy) is 2. The third kappa shape index (κ3) is 2.72. The van der Waals surface area contributed by atoms with Crippen LogP contribution < -0.4 is 14.4 Å². The molecule has 0 aromatic heterocycles. The van der Waals surface area contributed by atoms with Crippen LogP contribution in [-0.2, 0) is 11.3 Å². The Morgan fingerprint density at radius 2 is 1.77 bits per heavy atom. The highest BCUT2D eigenvalue weighted by molar-refractivity contribution is 9.10. The fourth-order valence-corrected chi connectivity index (χ4v) is 3.61. The maximum absolute atomic E-state index is 12.9. The molecular formula is C19H17BrN2O4. The highest BCUT2D eigenvalue weighted by Gasteiger charge is 2.43. The molecule has 2 aromatic carbocycles. The number of benzene rings is 2. The lowest BCUT2D eigenvalue weighted by Crippen LogP contribution is -2.33. The van der Waals surface area contributed by atoms with E-state index in [9.17, 15) is 9.59 Å². The van der Waals surface area contributed by atoms with Crippen LogP contribution in [-0.4, -0.2) is 29.7 Å². The number of carbonyl (C=O) groups is 2. The zero-order valence-electron chi connectivity index (χ0n) is 14.4. The predicted octanol–water partition coefficient (Wildman–Crippen LogP) is 3.84. The van der Waals surface area contributed by atoms with Gasteiger partial charge < -0.3 is 9.47 Å². The number of urea groups is 1. The number of carbonyl (C=O) groups excluding carboxylic acids is 2. The molecule has 1 fully saturated rings. The Bertz CT molecular complexity index is 897. The minimum Gasteiger partial charge on any atom is -0.454 e. The van der Waals surface area contributed by atoms with Crippen LogP contribution in [0.4, 0.5) is 10.5 Å². The molecule has 0 radical (unpaired) electrons. The molecule has 1 unspecified atom stereocenters. The number of hydrogen-bond donors (Lipinski definition) is 0. The molecule has 0 aliphatic carbocycles. The Balaban J connectivity index is 1.62. The number of anilines is 1. The molecule has 1 atom stereocenters. The van der Waals surface area contributed by atoms with Gasteiger partial charge in [0.1, 0.15) is 6.04 Å². The van der Waals surface area contributed by atoms with E-state index < -0.39 is 6.04 Å². The average Bonchev–Trinajstić information content (AvgIpc) is 3.14. The lowest BCUT2D eigenvalue weighted by atomic mass is 10.2. The van der Waals surface area contributed by atoms with Crippen LogP contribution in [0.2, 0.25) is 0 Å². The van der Waals surface area contributed by atoms with E-state index >= 15 is 0 Å². The number of aryl methyl sites for hydroxylation is 1. The molecule has 4 rings (SSSR count). The molecule has 134 valence electrons. The summed E-state index contributed by atoms with van der Waals surface area (Å²) >= 11 is 3.48. The smallest absolute Gasteiger partial charge is 0.332 e. The molecule has 3 amide bonds. The number of rotatable bonds is 3. The van der Waals surface area contributed by atoms with Gasteiger partial charge in [-0.3, -0.25) is 14.6 Å². The lowest BCUT2D eigenvalue weighted by Gasteiger charge is -2.20. The van der Waals surface area contributed by atoms with Crippen molar-refractivity contribution in [3.63, 3.8) is 0 Å². The Morgan fingerprint density at radius 1 is 1.12 bits per heavy atom. The van der Waals surface area contributed by atoms with Crippen molar-refractivity contribution < 1.29 is 19.1 Å². The molecule has 2 heterocycles. The first kappa shape index (κ1) is 16.9. The van der Waals surface area contributed by atoms with Gasteiger partial charge in [0, 0.05) is 10.2 Å². The van der Waals surface area contributed by atoms with Gasteiger partial charge in [0.05, 0.1) is 6.54 Å². The Kier molecular flexibility index (Phi) is 4.11. The van der Waals surface area contributed by atoms with Crippen LogP contribution in [0, 0.1) is 6.92 Å². The second-order valence-electron chi connectivity index (χ2n) is 6.39. The molecule has 0 N–H and O–H groups in total. The standard InChI is InChI=1S/C19H17BrN2O4/c1-11-3-5-14(6-4-11)22-12(2)18(23)21(19(22)24)9-13-7-16-17(8-15(13)20)26-10-25-16/h3-8,12H,9-10H2,1-2H3. The van der Waals surface area contributed by atoms with Crippen LogP contribution in [0.25, 0.3) is 0 Å². The summed E-state index contributed by atoms with van der Waals surface area (Å²) < 4.78 is 11.5. The zero-order chi connectivity index (χ0) is 18.4. The van der Waals surface area contributed by atoms with E-state index in [2.05, 4.69) is 15.9 Å². The summed E-state index contributed by atoms with van der Waals surface area (Å²) in [4.78, 5) is 28.4. The second kappa shape index (κ2) is 6.32. The van der Waals surface area contributed by atoms with Gasteiger partial charge in [-0.05, 0) is 43.7 Å². The zero-order valence-corrected chi connectivity index (χ0v) is 15.9. The van der Waals surface area contributed by atoms with Crippen molar-refractivity contribution >= 4 is 33.6 Å². The SMILES string of the molecule is Cc1ccc(N2C(=O)N(Cc3cc4c(cc3Br)OCO4)C(=O)C2C)cc1. The van der Waals surface area contributed by atoms with Crippen molar-refractivity contribution in [2.75, 3.05) is 11.7 Å². The highest BCUT2D eigenvalue weighted by Crippen LogP contribution is 2.38. The number of nitrogens with zero attached hydrogens (tertiary/aromatic N) is 2. The third-order valence-electron chi connectivity index (χ3n) is 4.63. The van der Waals surface area contributed by atoms with Gasteiger partial charge in [-0.25, -0.2) is 4.79 Å². The topological polar surface area (TPSA) is 59.1 Å². The molecule has 7 heteroatoms. The molecule has 0 bridgehead atoms. The predicted molar refractivity (Wildman–Crippen MR) is 99.3 cm³/mol. The highest BCUT2D eigenvalue weighted by atomic mass is 79.9. The maximum Gasteiger partial charge on any atom is 0.332 e. The normalized spacial score (nSPS) is 18.8. The van der Waals surface area contributed by atoms with Gasteiger partial charge in [0.25, 0.3) is 5.91 Å². The van der Waals surface area contributed by atoms with Crippen LogP contribution in [0.5, 0.6) is 11.5 Å². The minimum absolute atomic E-state index is 0.168. The summed E-state index contributed by atoms with van der Waals surface area (Å²) in [5, 5.41) is 0. The van der Waals surface area contributed by atoms with Crippen molar-refractivity contribution in [3.8, 4) is 11.5 Å². The first-order valence-corrected chi connectivity index (χ1v) is 9.04. The van der Waals surface area contributed by atoms with Gasteiger partial charge in [-0.1, -0.05) is 33.6 Å². The Labute approximate surface area is 159 Å². The van der Waals surface area contributed by atoms with E-state index in [1.807, 2.05) is 31.2 Å². The maximum atomic E-state index is 12.9. The van der Waals surface area contributed by atoms with E-state index in [0.717, 1.165) is 15.6 Å². The van der Waals surface area contributed by atoms with E-state index in [-0.39, 0.29) is 25.3 Å². The molecule has 2 aromatic rings. The van der Waals surface area contributed by atoms with E-state index in [1.165, 1.54) is 9.80 Å². The summed E-state index contributed by atoms with van der Waals surface area (Å²) in [7, 11) is 0. The third-order valence-corrected chi connectivity index (χ3v) is 5.37. The molecule has 0 saturated carbocycles. The molecular weight excluding hydrogens is 400 g/mol. The van der Waals surface area contributed by atoms with Crippen LogP contribution in [0.3, 0.4) is 0 Å². The van der Waals surface area contributed by atoms with Crippen molar-refractivity contribution in [3.05, 3.63) is 52.0 Å². The summed E-state index contributed by atoms with van der Waals surface area (Å²) in [6.45, 7) is 4.06. The largest absolute Gasteiger partial charge is 0.454 e. The van der Waals surface area contributed by atoms with Gasteiger partial charge >= 0.3 is 6.03 Å². The summed E-state index contributed by atoms with van der Waals surface area (Å²) in [6.07, 6.45) is 0. The summed E-state index contributed by atoms with van der Waals surface area (Å²) in [5.41, 5.74) is 2.60. The number of amides is 3. The summed E-state index contributed by atoms with van der Waals surface area (Å²) in [6, 6.07) is 10.3. The van der Waals surface area contributed by atoms with Crippen LogP contribution in [0.15, 0.2) is 40.9 Å². The monoisotopic (exact) mass is 416 g/mol.